The molecule has 0 saturated carbocycles. The summed E-state index contributed by atoms with van der Waals surface area (Å²) in [5.41, 5.74) is 0.256. The zero-order valence-corrected chi connectivity index (χ0v) is 12.0. The highest BCUT2D eigenvalue weighted by molar-refractivity contribution is 6.30. The van der Waals surface area contributed by atoms with Crippen LogP contribution in [0.15, 0.2) is 24.3 Å². The maximum absolute atomic E-state index is 11.5. The minimum absolute atomic E-state index is 0.0238. The summed E-state index contributed by atoms with van der Waals surface area (Å²) in [6.07, 6.45) is 0.854. The molecule has 0 atom stereocenters. The van der Waals surface area contributed by atoms with Gasteiger partial charge in [-0.3, -0.25) is 0 Å². The molecule has 0 spiro atoms. The average molecular weight is 285 g/mol. The molecule has 0 fully saturated rings. The van der Waals surface area contributed by atoms with E-state index in [1.54, 1.807) is 12.1 Å². The Hall–Kier alpha value is -1.55. The van der Waals surface area contributed by atoms with Gasteiger partial charge in [-0.2, -0.15) is 0 Å². The van der Waals surface area contributed by atoms with Crippen LogP contribution in [-0.4, -0.2) is 11.9 Å². The molecule has 19 heavy (non-hydrogen) atoms. The van der Waals surface area contributed by atoms with Crippen molar-refractivity contribution >= 4 is 23.5 Å². The number of benzene rings is 1. The second-order valence-electron chi connectivity index (χ2n) is 5.40. The molecule has 4 nitrogen and oxygen atoms in total. The molecule has 0 aliphatic carbocycles. The SMILES string of the molecule is CC(C)(C)CCC(=O)OOC(=O)c1cccc(Cl)c1. The molecule has 0 unspecified atom stereocenters. The van der Waals surface area contributed by atoms with Crippen molar-refractivity contribution in [2.75, 3.05) is 0 Å². The fourth-order valence-electron chi connectivity index (χ4n) is 1.27. The van der Waals surface area contributed by atoms with Crippen LogP contribution in [0.4, 0.5) is 0 Å². The van der Waals surface area contributed by atoms with Crippen molar-refractivity contribution in [3.05, 3.63) is 34.9 Å². The molecule has 0 aliphatic rings. The van der Waals surface area contributed by atoms with Crippen LogP contribution in [0.2, 0.25) is 5.02 Å². The molecule has 5 heteroatoms. The minimum Gasteiger partial charge on any atom is -0.247 e. The lowest BCUT2D eigenvalue weighted by Gasteiger charge is -2.16. The van der Waals surface area contributed by atoms with Gasteiger partial charge in [0.1, 0.15) is 0 Å². The number of hydrogen-bond donors (Lipinski definition) is 0. The third kappa shape index (κ3) is 6.25. The smallest absolute Gasteiger partial charge is 0.247 e. The standard InChI is InChI=1S/C14H17ClO4/c1-14(2,3)8-7-12(16)18-19-13(17)10-5-4-6-11(15)9-10/h4-6,9H,7-8H2,1-3H3. The third-order valence-electron chi connectivity index (χ3n) is 2.35. The number of rotatable bonds is 3. The van der Waals surface area contributed by atoms with Crippen molar-refractivity contribution in [2.24, 2.45) is 5.41 Å². The molecular formula is C14H17ClO4. The summed E-state index contributed by atoms with van der Waals surface area (Å²) in [6, 6.07) is 6.21. The molecule has 0 radical (unpaired) electrons. The molecule has 0 aromatic heterocycles. The molecule has 0 bridgehead atoms. The quantitative estimate of drug-likeness (QED) is 0.626. The van der Waals surface area contributed by atoms with Crippen molar-refractivity contribution in [3.8, 4) is 0 Å². The Morgan fingerprint density at radius 3 is 2.47 bits per heavy atom. The summed E-state index contributed by atoms with van der Waals surface area (Å²) in [5, 5.41) is 0.411. The minimum atomic E-state index is -0.744. The number of hydrogen-bond acceptors (Lipinski definition) is 4. The van der Waals surface area contributed by atoms with Crippen molar-refractivity contribution in [2.45, 2.75) is 33.6 Å². The van der Waals surface area contributed by atoms with Gasteiger partial charge in [-0.1, -0.05) is 38.4 Å². The number of carbonyl (C=O) groups excluding carboxylic acids is 2. The number of carbonyl (C=O) groups is 2. The molecule has 104 valence electrons. The first kappa shape index (κ1) is 15.5. The Labute approximate surface area is 117 Å². The van der Waals surface area contributed by atoms with Crippen LogP contribution in [0.3, 0.4) is 0 Å². The lowest BCUT2D eigenvalue weighted by atomic mass is 9.91. The van der Waals surface area contributed by atoms with Gasteiger partial charge in [0, 0.05) is 5.02 Å². The van der Waals surface area contributed by atoms with Crippen LogP contribution in [-0.2, 0) is 14.6 Å². The zero-order chi connectivity index (χ0) is 14.5. The number of halogens is 1. The van der Waals surface area contributed by atoms with Gasteiger partial charge >= 0.3 is 11.9 Å². The maximum atomic E-state index is 11.5. The van der Waals surface area contributed by atoms with Gasteiger partial charge in [0.15, 0.2) is 0 Å². The van der Waals surface area contributed by atoms with Crippen molar-refractivity contribution in [3.63, 3.8) is 0 Å². The molecule has 1 aromatic rings. The predicted molar refractivity (Wildman–Crippen MR) is 71.6 cm³/mol. The van der Waals surface area contributed by atoms with Crippen LogP contribution >= 0.6 is 11.6 Å². The maximum Gasteiger partial charge on any atom is 0.386 e. The van der Waals surface area contributed by atoms with E-state index in [0.29, 0.717) is 11.4 Å². The summed E-state index contributed by atoms with van der Waals surface area (Å²) < 4.78 is 0. The highest BCUT2D eigenvalue weighted by atomic mass is 35.5. The third-order valence-corrected chi connectivity index (χ3v) is 2.58. The summed E-state index contributed by atoms with van der Waals surface area (Å²) in [6.45, 7) is 6.04. The first-order valence-corrected chi connectivity index (χ1v) is 6.33. The van der Waals surface area contributed by atoms with E-state index >= 15 is 0 Å². The van der Waals surface area contributed by atoms with Crippen LogP contribution < -0.4 is 0 Å². The highest BCUT2D eigenvalue weighted by Crippen LogP contribution is 2.20. The van der Waals surface area contributed by atoms with Crippen LogP contribution in [0.1, 0.15) is 44.0 Å². The molecule has 0 N–H and O–H groups in total. The fourth-order valence-corrected chi connectivity index (χ4v) is 1.46. The Morgan fingerprint density at radius 1 is 1.21 bits per heavy atom. The van der Waals surface area contributed by atoms with Crippen molar-refractivity contribution in [1.82, 2.24) is 0 Å². The normalized spacial score (nSPS) is 10.9. The van der Waals surface area contributed by atoms with Gasteiger partial charge in [-0.15, -0.1) is 0 Å². The summed E-state index contributed by atoms with van der Waals surface area (Å²) in [5.74, 6) is -1.31. The van der Waals surface area contributed by atoms with E-state index in [4.69, 9.17) is 11.6 Å². The molecule has 0 aliphatic heterocycles. The van der Waals surface area contributed by atoms with Gasteiger partial charge < -0.3 is 0 Å². The molecule has 0 saturated heterocycles. The van der Waals surface area contributed by atoms with E-state index in [1.807, 2.05) is 20.8 Å². The van der Waals surface area contributed by atoms with E-state index in [-0.39, 0.29) is 17.4 Å². The first-order valence-electron chi connectivity index (χ1n) is 5.95. The van der Waals surface area contributed by atoms with Gasteiger partial charge in [0.25, 0.3) is 0 Å². The second kappa shape index (κ2) is 6.57. The van der Waals surface area contributed by atoms with Crippen molar-refractivity contribution in [1.29, 1.82) is 0 Å². The summed E-state index contributed by atoms with van der Waals surface area (Å²) >= 11 is 5.74. The van der Waals surface area contributed by atoms with Crippen LogP contribution in [0, 0.1) is 5.41 Å². The highest BCUT2D eigenvalue weighted by Gasteiger charge is 2.16. The van der Waals surface area contributed by atoms with Gasteiger partial charge in [-0.05, 0) is 30.0 Å². The molecular weight excluding hydrogens is 268 g/mol. The Morgan fingerprint density at radius 2 is 1.89 bits per heavy atom. The molecule has 1 aromatic carbocycles. The second-order valence-corrected chi connectivity index (χ2v) is 5.83. The molecule has 0 heterocycles. The fraction of sp³-hybridized carbons (Fsp3) is 0.429. The van der Waals surface area contributed by atoms with Gasteiger partial charge in [0.05, 0.1) is 12.0 Å². The lowest BCUT2D eigenvalue weighted by molar-refractivity contribution is -0.234. The average Bonchev–Trinajstić information content (AvgIpc) is 2.32. The van der Waals surface area contributed by atoms with Gasteiger partial charge in [0.2, 0.25) is 0 Å². The summed E-state index contributed by atoms with van der Waals surface area (Å²) in [4.78, 5) is 31.8. The van der Waals surface area contributed by atoms with E-state index in [1.165, 1.54) is 12.1 Å². The Bertz CT molecular complexity index is 463. The van der Waals surface area contributed by atoms with E-state index in [0.717, 1.165) is 0 Å². The first-order chi connectivity index (χ1) is 8.78. The monoisotopic (exact) mass is 284 g/mol. The Balaban J connectivity index is 2.40. The van der Waals surface area contributed by atoms with Gasteiger partial charge in [-0.25, -0.2) is 19.4 Å². The summed E-state index contributed by atoms with van der Waals surface area (Å²) in [7, 11) is 0. The van der Waals surface area contributed by atoms with E-state index in [9.17, 15) is 9.59 Å². The lowest BCUT2D eigenvalue weighted by Crippen LogP contribution is -2.14. The largest absolute Gasteiger partial charge is 0.386 e. The molecule has 1 rings (SSSR count). The van der Waals surface area contributed by atoms with Crippen molar-refractivity contribution < 1.29 is 19.4 Å². The Kier molecular flexibility index (Phi) is 5.36. The zero-order valence-electron chi connectivity index (χ0n) is 11.2. The van der Waals surface area contributed by atoms with Crippen LogP contribution in [0.5, 0.6) is 0 Å². The predicted octanol–water partition coefficient (Wildman–Crippen LogP) is 3.78. The topological polar surface area (TPSA) is 52.6 Å². The van der Waals surface area contributed by atoms with E-state index < -0.39 is 11.9 Å². The van der Waals surface area contributed by atoms with Crippen LogP contribution in [0.25, 0.3) is 0 Å². The molecule has 0 amide bonds. The van der Waals surface area contributed by atoms with E-state index in [2.05, 4.69) is 9.78 Å².